The Morgan fingerprint density at radius 1 is 1.09 bits per heavy atom. The number of aromatic carboxylic acids is 1. The highest BCUT2D eigenvalue weighted by Crippen LogP contribution is 2.41. The molecule has 0 bridgehead atoms. The van der Waals surface area contributed by atoms with Gasteiger partial charge >= 0.3 is 5.97 Å². The normalized spacial score (nSPS) is 17.2. The molecular weight excluding hydrogens is 589 g/mol. The number of halogens is 2. The Balaban J connectivity index is 0.00000180. The van der Waals surface area contributed by atoms with Crippen LogP contribution in [0.4, 0.5) is 5.69 Å². The monoisotopic (exact) mass is 623 g/mol. The van der Waals surface area contributed by atoms with Crippen molar-refractivity contribution in [3.63, 3.8) is 0 Å². The first-order valence-electron chi connectivity index (χ1n) is 14.4. The van der Waals surface area contributed by atoms with Crippen molar-refractivity contribution < 1.29 is 24.3 Å². The van der Waals surface area contributed by atoms with Gasteiger partial charge in [0.25, 0.3) is 0 Å². The van der Waals surface area contributed by atoms with Crippen LogP contribution in [0.5, 0.6) is 5.75 Å². The molecule has 0 amide bonds. The smallest absolute Gasteiger partial charge is 0.335 e. The molecule has 4 aromatic rings. The van der Waals surface area contributed by atoms with E-state index in [1.165, 1.54) is 0 Å². The number of aliphatic hydroxyl groups is 1. The van der Waals surface area contributed by atoms with Gasteiger partial charge < -0.3 is 29.7 Å². The van der Waals surface area contributed by atoms with E-state index in [-0.39, 0.29) is 18.2 Å². The van der Waals surface area contributed by atoms with Crippen LogP contribution in [0, 0.1) is 6.92 Å². The first-order valence-corrected chi connectivity index (χ1v) is 15.2. The number of benzene rings is 3. The highest BCUT2D eigenvalue weighted by atomic mass is 35.5. The number of nitrogens with one attached hydrogen (secondary N) is 1. The molecule has 1 aromatic heterocycles. The number of aromatic nitrogens is 1. The highest BCUT2D eigenvalue weighted by molar-refractivity contribution is 6.33. The molecule has 2 aliphatic rings. The van der Waals surface area contributed by atoms with Crippen LogP contribution in [0.3, 0.4) is 0 Å². The van der Waals surface area contributed by atoms with Gasteiger partial charge in [0.2, 0.25) is 0 Å². The minimum atomic E-state index is -1.08. The standard InChI is InChI=1S/C31H29Cl2N3O5.C2H6/c1-18-3-2-4-24(32)27(18)28-22(29(41-35-28)26-16-34-26)17-40-21-9-10-23(25(33)15-21)31(39)11-13-36(14-12-31)20-7-5-19(6-8-20)30(37)38;1-2/h2-10,15,26,34,39H,11-14,16-17H2,1H3,(H,37,38);1-2H3. The third-order valence-corrected chi connectivity index (χ3v) is 8.52. The molecule has 3 N–H and O–H groups in total. The van der Waals surface area contributed by atoms with Crippen molar-refractivity contribution in [2.45, 2.75) is 51.9 Å². The Morgan fingerprint density at radius 2 is 1.79 bits per heavy atom. The Kier molecular flexibility index (Phi) is 9.32. The van der Waals surface area contributed by atoms with E-state index < -0.39 is 11.6 Å². The summed E-state index contributed by atoms with van der Waals surface area (Å²) in [6.45, 7) is 8.22. The van der Waals surface area contributed by atoms with Gasteiger partial charge in [-0.25, -0.2) is 4.79 Å². The summed E-state index contributed by atoms with van der Waals surface area (Å²) in [7, 11) is 0. The molecule has 2 aliphatic heterocycles. The number of nitrogens with zero attached hydrogens (tertiary/aromatic N) is 2. The van der Waals surface area contributed by atoms with Crippen molar-refractivity contribution >= 4 is 34.9 Å². The largest absolute Gasteiger partial charge is 0.489 e. The number of aryl methyl sites for hydroxylation is 1. The summed E-state index contributed by atoms with van der Waals surface area (Å²) in [6, 6.07) is 18.0. The number of hydrogen-bond donors (Lipinski definition) is 3. The van der Waals surface area contributed by atoms with Crippen molar-refractivity contribution in [1.29, 1.82) is 0 Å². The predicted octanol–water partition coefficient (Wildman–Crippen LogP) is 7.39. The number of anilines is 1. The number of hydrogen-bond acceptors (Lipinski definition) is 7. The van der Waals surface area contributed by atoms with Gasteiger partial charge in [0.05, 0.1) is 32.8 Å². The molecule has 2 saturated heterocycles. The second-order valence-corrected chi connectivity index (χ2v) is 11.4. The summed E-state index contributed by atoms with van der Waals surface area (Å²) in [5.74, 6) is 0.348. The molecule has 0 aliphatic carbocycles. The average Bonchev–Trinajstić information content (AvgIpc) is 3.77. The molecule has 43 heavy (non-hydrogen) atoms. The molecule has 8 nitrogen and oxygen atoms in total. The second-order valence-electron chi connectivity index (χ2n) is 10.6. The SMILES string of the molecule is CC.Cc1cccc(Cl)c1-c1noc(C2CN2)c1COc1ccc(C2(O)CCN(c3ccc(C(=O)O)cc3)CC2)c(Cl)c1. The van der Waals surface area contributed by atoms with Crippen LogP contribution in [0.25, 0.3) is 11.3 Å². The van der Waals surface area contributed by atoms with Crippen molar-refractivity contribution in [1.82, 2.24) is 10.5 Å². The molecule has 226 valence electrons. The Morgan fingerprint density at radius 3 is 2.40 bits per heavy atom. The molecule has 0 spiro atoms. The van der Waals surface area contributed by atoms with Crippen LogP contribution < -0.4 is 15.0 Å². The van der Waals surface area contributed by atoms with Crippen LogP contribution in [0.1, 0.15) is 65.5 Å². The summed E-state index contributed by atoms with van der Waals surface area (Å²) in [4.78, 5) is 13.3. The number of carboxylic acids is 1. The van der Waals surface area contributed by atoms with E-state index in [2.05, 4.69) is 15.4 Å². The topological polar surface area (TPSA) is 118 Å². The zero-order valence-electron chi connectivity index (χ0n) is 24.4. The molecule has 2 fully saturated rings. The van der Waals surface area contributed by atoms with Crippen LogP contribution in [-0.2, 0) is 12.2 Å². The van der Waals surface area contributed by atoms with Gasteiger partial charge in [0, 0.05) is 36.4 Å². The number of ether oxygens (including phenoxy) is 1. The molecule has 0 saturated carbocycles. The van der Waals surface area contributed by atoms with E-state index in [9.17, 15) is 9.90 Å². The Labute approximate surface area is 261 Å². The maximum atomic E-state index is 11.5. The third kappa shape index (κ3) is 6.53. The lowest BCUT2D eigenvalue weighted by Gasteiger charge is -2.40. The predicted molar refractivity (Wildman–Crippen MR) is 168 cm³/mol. The molecule has 0 radical (unpaired) electrons. The van der Waals surface area contributed by atoms with E-state index in [0.717, 1.165) is 34.7 Å². The van der Waals surface area contributed by atoms with Gasteiger partial charge in [-0.3, -0.25) is 0 Å². The minimum absolute atomic E-state index is 0.0961. The van der Waals surface area contributed by atoms with Gasteiger partial charge in [-0.15, -0.1) is 0 Å². The average molecular weight is 625 g/mol. The maximum absolute atomic E-state index is 11.5. The fourth-order valence-corrected chi connectivity index (χ4v) is 6.10. The first kappa shape index (κ1) is 30.9. The number of carboxylic acid groups (broad SMARTS) is 1. The quantitative estimate of drug-likeness (QED) is 0.174. The van der Waals surface area contributed by atoms with Crippen LogP contribution >= 0.6 is 23.2 Å². The molecule has 3 aromatic carbocycles. The van der Waals surface area contributed by atoms with Gasteiger partial charge in [-0.05, 0) is 67.8 Å². The van der Waals surface area contributed by atoms with Crippen molar-refractivity contribution in [2.24, 2.45) is 0 Å². The zero-order valence-corrected chi connectivity index (χ0v) is 25.9. The minimum Gasteiger partial charge on any atom is -0.489 e. The fourth-order valence-electron chi connectivity index (χ4n) is 5.45. The molecule has 3 heterocycles. The summed E-state index contributed by atoms with van der Waals surface area (Å²) in [5, 5.41) is 29.3. The van der Waals surface area contributed by atoms with Gasteiger partial charge in [-0.2, -0.15) is 0 Å². The first-order chi connectivity index (χ1) is 20.7. The third-order valence-electron chi connectivity index (χ3n) is 7.90. The van der Waals surface area contributed by atoms with Crippen LogP contribution in [0.15, 0.2) is 65.2 Å². The van der Waals surface area contributed by atoms with Gasteiger partial charge in [0.1, 0.15) is 18.1 Å². The number of carbonyl (C=O) groups is 1. The van der Waals surface area contributed by atoms with E-state index in [1.807, 2.05) is 51.1 Å². The summed E-state index contributed by atoms with van der Waals surface area (Å²) >= 11 is 13.2. The molecular formula is C33H35Cl2N3O5. The Hall–Kier alpha value is -3.56. The lowest BCUT2D eigenvalue weighted by Crippen LogP contribution is -2.42. The van der Waals surface area contributed by atoms with Crippen molar-refractivity contribution in [3.05, 3.63) is 98.7 Å². The number of rotatable bonds is 8. The van der Waals surface area contributed by atoms with Crippen LogP contribution in [0.2, 0.25) is 10.0 Å². The lowest BCUT2D eigenvalue weighted by molar-refractivity contribution is 0.0118. The second kappa shape index (κ2) is 13.0. The van der Waals surface area contributed by atoms with E-state index in [1.54, 1.807) is 30.3 Å². The van der Waals surface area contributed by atoms with Crippen molar-refractivity contribution in [3.8, 4) is 17.0 Å². The highest BCUT2D eigenvalue weighted by Gasteiger charge is 2.36. The lowest BCUT2D eigenvalue weighted by atomic mass is 9.84. The number of piperidine rings is 1. The summed E-state index contributed by atoms with van der Waals surface area (Å²) in [6.07, 6.45) is 0.958. The van der Waals surface area contributed by atoms with E-state index in [4.69, 9.17) is 37.6 Å². The maximum Gasteiger partial charge on any atom is 0.335 e. The van der Waals surface area contributed by atoms with E-state index >= 15 is 0 Å². The van der Waals surface area contributed by atoms with Gasteiger partial charge in [-0.1, -0.05) is 60.4 Å². The summed E-state index contributed by atoms with van der Waals surface area (Å²) < 4.78 is 11.9. The van der Waals surface area contributed by atoms with Crippen molar-refractivity contribution in [2.75, 3.05) is 24.5 Å². The summed E-state index contributed by atoms with van der Waals surface area (Å²) in [5.41, 5.74) is 4.06. The molecule has 10 heteroatoms. The van der Waals surface area contributed by atoms with Gasteiger partial charge in [0.15, 0.2) is 5.76 Å². The molecule has 1 unspecified atom stereocenters. The van der Waals surface area contributed by atoms with Crippen LogP contribution in [-0.4, -0.2) is 41.0 Å². The van der Waals surface area contributed by atoms with E-state index in [0.29, 0.717) is 53.0 Å². The molecule has 6 rings (SSSR count). The zero-order chi connectivity index (χ0) is 30.7. The molecule has 1 atom stereocenters. The fraction of sp³-hybridized carbons (Fsp3) is 0.333. The Bertz CT molecular complexity index is 1570.